The zero-order valence-corrected chi connectivity index (χ0v) is 18.3. The monoisotopic (exact) mass is 414 g/mol. The van der Waals surface area contributed by atoms with Crippen LogP contribution in [-0.4, -0.2) is 27.1 Å². The van der Waals surface area contributed by atoms with Crippen LogP contribution in [0.3, 0.4) is 0 Å². The van der Waals surface area contributed by atoms with Crippen LogP contribution in [-0.2, 0) is 21.2 Å². The molecule has 0 aliphatic heterocycles. The normalized spacial score (nSPS) is 16.2. The van der Waals surface area contributed by atoms with Crippen LogP contribution in [0.4, 0.5) is 5.69 Å². The molecule has 6 heteroatoms. The minimum atomic E-state index is -3.41. The van der Waals surface area contributed by atoms with Crippen molar-refractivity contribution in [3.8, 4) is 0 Å². The summed E-state index contributed by atoms with van der Waals surface area (Å²) in [5, 5.41) is 3.14. The topological polar surface area (TPSA) is 66.5 Å². The first-order valence-electron chi connectivity index (χ1n) is 10.2. The third-order valence-corrected chi connectivity index (χ3v) is 6.56. The number of amides is 1. The molecule has 0 spiro atoms. The van der Waals surface area contributed by atoms with E-state index in [-0.39, 0.29) is 18.5 Å². The molecule has 0 radical (unpaired) electrons. The van der Waals surface area contributed by atoms with Crippen molar-refractivity contribution >= 4 is 21.6 Å². The van der Waals surface area contributed by atoms with Gasteiger partial charge in [-0.05, 0) is 73.9 Å². The highest BCUT2D eigenvalue weighted by Gasteiger charge is 2.22. The van der Waals surface area contributed by atoms with Gasteiger partial charge in [-0.25, -0.2) is 8.42 Å². The first-order chi connectivity index (χ1) is 13.7. The van der Waals surface area contributed by atoms with Gasteiger partial charge in [0.05, 0.1) is 18.0 Å². The maximum Gasteiger partial charge on any atom is 0.232 e. The van der Waals surface area contributed by atoms with Gasteiger partial charge in [-0.3, -0.25) is 9.10 Å². The molecule has 0 fully saturated rings. The third-order valence-electron chi connectivity index (χ3n) is 5.36. The Bertz CT molecular complexity index is 965. The lowest BCUT2D eigenvalue weighted by molar-refractivity contribution is -0.122. The summed E-state index contributed by atoms with van der Waals surface area (Å²) in [5.41, 5.74) is 5.21. The van der Waals surface area contributed by atoms with Crippen molar-refractivity contribution in [1.82, 2.24) is 5.32 Å². The zero-order valence-electron chi connectivity index (χ0n) is 17.4. The summed E-state index contributed by atoms with van der Waals surface area (Å²) in [6.07, 6.45) is 5.05. The molecule has 1 atom stereocenters. The first kappa shape index (κ1) is 21.4. The molecule has 3 rings (SSSR count). The lowest BCUT2D eigenvalue weighted by Crippen LogP contribution is -2.33. The zero-order chi connectivity index (χ0) is 21.0. The Morgan fingerprint density at radius 3 is 2.52 bits per heavy atom. The lowest BCUT2D eigenvalue weighted by atomic mass is 9.87. The van der Waals surface area contributed by atoms with E-state index in [9.17, 15) is 13.2 Å². The second-order valence-corrected chi connectivity index (χ2v) is 9.90. The van der Waals surface area contributed by atoms with Gasteiger partial charge in [-0.15, -0.1) is 0 Å². The van der Waals surface area contributed by atoms with E-state index in [0.29, 0.717) is 18.5 Å². The summed E-state index contributed by atoms with van der Waals surface area (Å²) in [6, 6.07) is 14.1. The second kappa shape index (κ2) is 8.99. The van der Waals surface area contributed by atoms with Crippen LogP contribution in [0.1, 0.15) is 54.0 Å². The van der Waals surface area contributed by atoms with E-state index in [0.717, 1.165) is 30.4 Å². The van der Waals surface area contributed by atoms with Crippen LogP contribution in [0.2, 0.25) is 0 Å². The molecule has 2 aromatic carbocycles. The Morgan fingerprint density at radius 1 is 1.14 bits per heavy atom. The number of carbonyl (C=O) groups excluding carboxylic acids is 1. The quantitative estimate of drug-likeness (QED) is 0.743. The van der Waals surface area contributed by atoms with E-state index in [1.54, 1.807) is 0 Å². The maximum absolute atomic E-state index is 12.5. The number of nitrogens with zero attached hydrogens (tertiary/aromatic N) is 1. The number of hydrogen-bond acceptors (Lipinski definition) is 3. The highest BCUT2D eigenvalue weighted by Crippen LogP contribution is 2.29. The molecule has 0 heterocycles. The van der Waals surface area contributed by atoms with Gasteiger partial charge in [0, 0.05) is 13.0 Å². The number of benzene rings is 2. The molecule has 0 bridgehead atoms. The van der Waals surface area contributed by atoms with Crippen LogP contribution >= 0.6 is 0 Å². The highest BCUT2D eigenvalue weighted by atomic mass is 32.2. The van der Waals surface area contributed by atoms with Crippen LogP contribution in [0.15, 0.2) is 42.5 Å². The summed E-state index contributed by atoms with van der Waals surface area (Å²) >= 11 is 0. The molecule has 156 valence electrons. The minimum Gasteiger partial charge on any atom is -0.349 e. The Morgan fingerprint density at radius 2 is 1.83 bits per heavy atom. The second-order valence-electron chi connectivity index (χ2n) is 8.00. The molecule has 0 saturated carbocycles. The predicted molar refractivity (Wildman–Crippen MR) is 118 cm³/mol. The molecule has 0 aromatic heterocycles. The molecule has 1 N–H and O–H groups in total. The molecule has 5 nitrogen and oxygen atoms in total. The maximum atomic E-state index is 12.5. The lowest BCUT2D eigenvalue weighted by Gasteiger charge is -2.27. The van der Waals surface area contributed by atoms with E-state index in [1.807, 2.05) is 44.2 Å². The number of hydrogen-bond donors (Lipinski definition) is 1. The molecular weight excluding hydrogens is 384 g/mol. The van der Waals surface area contributed by atoms with Crippen LogP contribution in [0.25, 0.3) is 0 Å². The van der Waals surface area contributed by atoms with Crippen molar-refractivity contribution in [3.05, 3.63) is 64.7 Å². The fourth-order valence-electron chi connectivity index (χ4n) is 4.13. The summed E-state index contributed by atoms with van der Waals surface area (Å²) in [5.74, 6) is -0.0272. The number of sulfonamides is 1. The van der Waals surface area contributed by atoms with Crippen molar-refractivity contribution < 1.29 is 13.2 Å². The van der Waals surface area contributed by atoms with Gasteiger partial charge in [-0.1, -0.05) is 30.3 Å². The molecule has 1 amide bonds. The fraction of sp³-hybridized carbons (Fsp3) is 0.435. The number of fused-ring (bicyclic) bond motifs is 1. The molecule has 0 saturated heterocycles. The highest BCUT2D eigenvalue weighted by molar-refractivity contribution is 7.92. The van der Waals surface area contributed by atoms with Gasteiger partial charge in [0.25, 0.3) is 0 Å². The summed E-state index contributed by atoms with van der Waals surface area (Å²) in [7, 11) is -3.41. The number of nitrogens with one attached hydrogen (secondary N) is 1. The van der Waals surface area contributed by atoms with Gasteiger partial charge in [0.2, 0.25) is 15.9 Å². The minimum absolute atomic E-state index is 0.0272. The van der Waals surface area contributed by atoms with Gasteiger partial charge in [0.15, 0.2) is 0 Å². The van der Waals surface area contributed by atoms with Crippen molar-refractivity contribution in [2.45, 2.75) is 52.0 Å². The standard InChI is InChI=1S/C23H30N2O3S/c1-17-14-18(2)16-20(15-17)25(29(3,27)28)13-7-12-23(26)24-22-11-6-9-19-8-4-5-10-21(19)22/h4-5,8,10,14-16,22H,6-7,9,11-13H2,1-3H3,(H,24,26)/t22-/m1/s1. The van der Waals surface area contributed by atoms with E-state index in [2.05, 4.69) is 17.4 Å². The van der Waals surface area contributed by atoms with Gasteiger partial charge >= 0.3 is 0 Å². The van der Waals surface area contributed by atoms with Crippen LogP contribution in [0.5, 0.6) is 0 Å². The van der Waals surface area contributed by atoms with Crippen molar-refractivity contribution in [1.29, 1.82) is 0 Å². The van der Waals surface area contributed by atoms with Crippen LogP contribution < -0.4 is 9.62 Å². The van der Waals surface area contributed by atoms with Gasteiger partial charge in [-0.2, -0.15) is 0 Å². The summed E-state index contributed by atoms with van der Waals surface area (Å²) in [4.78, 5) is 12.5. The Hall–Kier alpha value is -2.34. The molecule has 1 aliphatic rings. The Labute approximate surface area is 174 Å². The molecular formula is C23H30N2O3S. The van der Waals surface area contributed by atoms with Gasteiger partial charge in [0.1, 0.15) is 0 Å². The van der Waals surface area contributed by atoms with Crippen molar-refractivity contribution in [3.63, 3.8) is 0 Å². The van der Waals surface area contributed by atoms with Gasteiger partial charge < -0.3 is 5.32 Å². The largest absolute Gasteiger partial charge is 0.349 e. The smallest absolute Gasteiger partial charge is 0.232 e. The van der Waals surface area contributed by atoms with E-state index >= 15 is 0 Å². The van der Waals surface area contributed by atoms with Crippen LogP contribution in [0, 0.1) is 13.8 Å². The number of aryl methyl sites for hydroxylation is 3. The summed E-state index contributed by atoms with van der Waals surface area (Å²) in [6.45, 7) is 4.19. The third kappa shape index (κ3) is 5.60. The number of carbonyl (C=O) groups is 1. The first-order valence-corrected chi connectivity index (χ1v) is 12.0. The Balaban J connectivity index is 1.61. The van der Waals surface area contributed by atoms with E-state index in [1.165, 1.54) is 21.7 Å². The average Bonchev–Trinajstić information content (AvgIpc) is 2.63. The van der Waals surface area contributed by atoms with E-state index in [4.69, 9.17) is 0 Å². The Kier molecular flexibility index (Phi) is 6.63. The van der Waals surface area contributed by atoms with Crippen molar-refractivity contribution in [2.75, 3.05) is 17.1 Å². The SMILES string of the molecule is Cc1cc(C)cc(N(CCCC(=O)N[C@@H]2CCCc3ccccc32)S(C)(=O)=O)c1. The molecule has 29 heavy (non-hydrogen) atoms. The predicted octanol–water partition coefficient (Wildman–Crippen LogP) is 4.04. The molecule has 1 aliphatic carbocycles. The molecule has 0 unspecified atom stereocenters. The number of rotatable bonds is 7. The molecule has 2 aromatic rings. The average molecular weight is 415 g/mol. The van der Waals surface area contributed by atoms with Crippen molar-refractivity contribution in [2.24, 2.45) is 0 Å². The fourth-order valence-corrected chi connectivity index (χ4v) is 5.08. The summed E-state index contributed by atoms with van der Waals surface area (Å²) < 4.78 is 26.0. The van der Waals surface area contributed by atoms with E-state index < -0.39 is 10.0 Å². The number of anilines is 1.